The molecule has 0 unspecified atom stereocenters. The highest BCUT2D eigenvalue weighted by Crippen LogP contribution is 2.30. The third-order valence-electron chi connectivity index (χ3n) is 4.07. The molecule has 0 saturated carbocycles. The summed E-state index contributed by atoms with van der Waals surface area (Å²) in [5.41, 5.74) is 2.13. The molecule has 0 bridgehead atoms. The van der Waals surface area contributed by atoms with Gasteiger partial charge in [-0.3, -0.25) is 0 Å². The normalized spacial score (nSPS) is 10.6. The van der Waals surface area contributed by atoms with Crippen molar-refractivity contribution in [1.29, 1.82) is 0 Å². The van der Waals surface area contributed by atoms with Crippen molar-refractivity contribution in [2.45, 2.75) is 17.3 Å². The summed E-state index contributed by atoms with van der Waals surface area (Å²) in [4.78, 5) is 22.7. The maximum atomic E-state index is 12.0. The number of nitrogens with one attached hydrogen (secondary N) is 1. The number of aromatic nitrogens is 2. The Balaban J connectivity index is 1.91. The van der Waals surface area contributed by atoms with Crippen molar-refractivity contribution in [2.24, 2.45) is 0 Å². The number of thioether (sulfide) groups is 1. The predicted molar refractivity (Wildman–Crippen MR) is 118 cm³/mol. The van der Waals surface area contributed by atoms with Gasteiger partial charge in [0.2, 0.25) is 5.95 Å². The number of benzene rings is 2. The molecule has 0 fully saturated rings. The van der Waals surface area contributed by atoms with Gasteiger partial charge in [-0.25, -0.2) is 9.78 Å². The summed E-state index contributed by atoms with van der Waals surface area (Å²) in [6, 6.07) is 17.2. The van der Waals surface area contributed by atoms with Crippen molar-refractivity contribution >= 4 is 41.1 Å². The van der Waals surface area contributed by atoms with Gasteiger partial charge in [-0.15, -0.1) is 11.8 Å². The Kier molecular flexibility index (Phi) is 6.95. The lowest BCUT2D eigenvalue weighted by molar-refractivity contribution is 0.0693. The fourth-order valence-corrected chi connectivity index (χ4v) is 3.66. The summed E-state index contributed by atoms with van der Waals surface area (Å²) < 4.78 is 0. The van der Waals surface area contributed by atoms with Gasteiger partial charge in [-0.2, -0.15) is 4.98 Å². The van der Waals surface area contributed by atoms with E-state index < -0.39 is 5.97 Å². The van der Waals surface area contributed by atoms with Crippen molar-refractivity contribution in [3.8, 4) is 0 Å². The van der Waals surface area contributed by atoms with Gasteiger partial charge >= 0.3 is 5.97 Å². The Labute approximate surface area is 179 Å². The quantitative estimate of drug-likeness (QED) is 0.394. The topological polar surface area (TPSA) is 78.4 Å². The number of rotatable bonds is 8. The zero-order chi connectivity index (χ0) is 20.8. The second-order valence-corrected chi connectivity index (χ2v) is 7.91. The molecule has 1 aromatic heterocycles. The smallest absolute Gasteiger partial charge is 0.342 e. The van der Waals surface area contributed by atoms with E-state index >= 15 is 0 Å². The largest absolute Gasteiger partial charge is 0.477 e. The van der Waals surface area contributed by atoms with Gasteiger partial charge in [0.1, 0.15) is 16.4 Å². The summed E-state index contributed by atoms with van der Waals surface area (Å²) in [6.45, 7) is 0.421. The molecule has 1 heterocycles. The van der Waals surface area contributed by atoms with Crippen LogP contribution in [0.1, 0.15) is 21.5 Å². The minimum atomic E-state index is -1.07. The fourth-order valence-electron chi connectivity index (χ4n) is 2.57. The first-order valence-electron chi connectivity index (χ1n) is 8.91. The van der Waals surface area contributed by atoms with Crippen molar-refractivity contribution in [3.05, 3.63) is 76.3 Å². The number of nitrogens with zero attached hydrogens (tertiary/aromatic N) is 3. The van der Waals surface area contributed by atoms with E-state index in [4.69, 9.17) is 11.6 Å². The molecule has 150 valence electrons. The third-order valence-corrected chi connectivity index (χ3v) is 5.37. The van der Waals surface area contributed by atoms with E-state index in [2.05, 4.69) is 15.3 Å². The average Bonchev–Trinajstić information content (AvgIpc) is 2.71. The van der Waals surface area contributed by atoms with Crippen molar-refractivity contribution < 1.29 is 9.90 Å². The van der Waals surface area contributed by atoms with E-state index in [0.717, 1.165) is 11.1 Å². The first-order valence-corrected chi connectivity index (χ1v) is 10.3. The van der Waals surface area contributed by atoms with Gasteiger partial charge in [0.25, 0.3) is 0 Å². The van der Waals surface area contributed by atoms with Gasteiger partial charge in [0.15, 0.2) is 0 Å². The molecule has 2 aromatic carbocycles. The van der Waals surface area contributed by atoms with Crippen LogP contribution in [-0.4, -0.2) is 35.1 Å². The van der Waals surface area contributed by atoms with Gasteiger partial charge in [0, 0.05) is 31.4 Å². The Bertz CT molecular complexity index is 982. The molecule has 0 saturated heterocycles. The lowest BCUT2D eigenvalue weighted by Crippen LogP contribution is -2.18. The molecule has 0 atom stereocenters. The van der Waals surface area contributed by atoms with Crippen LogP contribution < -0.4 is 10.2 Å². The zero-order valence-electron chi connectivity index (χ0n) is 16.1. The Hall–Kier alpha value is -2.77. The van der Waals surface area contributed by atoms with Crippen LogP contribution in [0.15, 0.2) is 59.6 Å². The number of hydrogen-bond donors (Lipinski definition) is 2. The van der Waals surface area contributed by atoms with Gasteiger partial charge in [0.05, 0.1) is 0 Å². The van der Waals surface area contributed by atoms with Crippen LogP contribution in [0.3, 0.4) is 0 Å². The van der Waals surface area contributed by atoms with Crippen molar-refractivity contribution in [2.75, 3.05) is 24.3 Å². The maximum absolute atomic E-state index is 12.0. The minimum absolute atomic E-state index is 0.0745. The van der Waals surface area contributed by atoms with Gasteiger partial charge < -0.3 is 15.3 Å². The number of carboxylic acid groups (broad SMARTS) is 1. The SMILES string of the molecule is CN(C)c1nc(NCc2ccc(Cl)cc2)c(C(=O)O)c(SCc2ccccc2)n1. The molecule has 3 rings (SSSR count). The van der Waals surface area contributed by atoms with Crippen molar-refractivity contribution in [1.82, 2.24) is 9.97 Å². The van der Waals surface area contributed by atoms with E-state index in [9.17, 15) is 9.90 Å². The highest BCUT2D eigenvalue weighted by atomic mass is 35.5. The lowest BCUT2D eigenvalue weighted by atomic mass is 10.2. The molecular weight excluding hydrogens is 408 g/mol. The number of halogens is 1. The van der Waals surface area contributed by atoms with Crippen LogP contribution >= 0.6 is 23.4 Å². The van der Waals surface area contributed by atoms with Crippen molar-refractivity contribution in [3.63, 3.8) is 0 Å². The molecule has 3 aromatic rings. The molecule has 0 spiro atoms. The molecule has 0 radical (unpaired) electrons. The standard InChI is InChI=1S/C21H21ClN4O2S/c1-26(2)21-24-18(23-12-14-8-10-16(22)11-9-14)17(20(27)28)19(25-21)29-13-15-6-4-3-5-7-15/h3-11H,12-13H2,1-2H3,(H,27,28)(H,23,24,25). The first-order chi connectivity index (χ1) is 13.9. The molecule has 0 amide bonds. The van der Waals surface area contributed by atoms with E-state index in [0.29, 0.717) is 34.1 Å². The molecule has 6 nitrogen and oxygen atoms in total. The van der Waals surface area contributed by atoms with E-state index in [1.54, 1.807) is 17.0 Å². The molecule has 29 heavy (non-hydrogen) atoms. The summed E-state index contributed by atoms with van der Waals surface area (Å²) >= 11 is 7.31. The van der Waals surface area contributed by atoms with Gasteiger partial charge in [-0.1, -0.05) is 54.1 Å². The molecule has 0 aliphatic heterocycles. The molecule has 8 heteroatoms. The van der Waals surface area contributed by atoms with Crippen LogP contribution in [-0.2, 0) is 12.3 Å². The number of carboxylic acids is 1. The van der Waals surface area contributed by atoms with Crippen LogP contribution in [0, 0.1) is 0 Å². The number of anilines is 2. The fraction of sp³-hybridized carbons (Fsp3) is 0.190. The molecular formula is C21H21ClN4O2S. The summed E-state index contributed by atoms with van der Waals surface area (Å²) in [5.74, 6) is 0.289. The Morgan fingerprint density at radius 1 is 1.07 bits per heavy atom. The summed E-state index contributed by atoms with van der Waals surface area (Å²) in [7, 11) is 3.65. The highest BCUT2D eigenvalue weighted by Gasteiger charge is 2.22. The van der Waals surface area contributed by atoms with Crippen LogP contribution in [0.4, 0.5) is 11.8 Å². The zero-order valence-corrected chi connectivity index (χ0v) is 17.7. The number of hydrogen-bond acceptors (Lipinski definition) is 6. The minimum Gasteiger partial charge on any atom is -0.477 e. The first kappa shape index (κ1) is 21.0. The molecule has 0 aliphatic carbocycles. The van der Waals surface area contributed by atoms with E-state index in [-0.39, 0.29) is 5.56 Å². The number of aromatic carboxylic acids is 1. The monoisotopic (exact) mass is 428 g/mol. The van der Waals surface area contributed by atoms with Crippen LogP contribution in [0.2, 0.25) is 5.02 Å². The maximum Gasteiger partial charge on any atom is 0.342 e. The van der Waals surface area contributed by atoms with E-state index in [1.807, 2.05) is 56.6 Å². The molecule has 2 N–H and O–H groups in total. The predicted octanol–water partition coefficient (Wildman–Crippen LogP) is 4.80. The second kappa shape index (κ2) is 9.62. The third kappa shape index (κ3) is 5.62. The summed E-state index contributed by atoms with van der Waals surface area (Å²) in [6.07, 6.45) is 0. The summed E-state index contributed by atoms with van der Waals surface area (Å²) in [5, 5.41) is 14.1. The average molecular weight is 429 g/mol. The van der Waals surface area contributed by atoms with Crippen LogP contribution in [0.25, 0.3) is 0 Å². The molecule has 0 aliphatic rings. The number of carbonyl (C=O) groups is 1. The Morgan fingerprint density at radius 2 is 1.76 bits per heavy atom. The Morgan fingerprint density at radius 3 is 2.38 bits per heavy atom. The second-order valence-electron chi connectivity index (χ2n) is 6.51. The lowest BCUT2D eigenvalue weighted by Gasteiger charge is -2.17. The van der Waals surface area contributed by atoms with Crippen LogP contribution in [0.5, 0.6) is 0 Å². The van der Waals surface area contributed by atoms with E-state index in [1.165, 1.54) is 11.8 Å². The van der Waals surface area contributed by atoms with Gasteiger partial charge in [-0.05, 0) is 23.3 Å². The highest BCUT2D eigenvalue weighted by molar-refractivity contribution is 7.98.